The lowest BCUT2D eigenvalue weighted by molar-refractivity contribution is -0.135. The van der Waals surface area contributed by atoms with Crippen molar-refractivity contribution in [2.75, 3.05) is 45.9 Å². The molecule has 0 bridgehead atoms. The number of morpholine rings is 1. The van der Waals surface area contributed by atoms with Gasteiger partial charge in [-0.25, -0.2) is 0 Å². The van der Waals surface area contributed by atoms with Gasteiger partial charge >= 0.3 is 0 Å². The van der Waals surface area contributed by atoms with Gasteiger partial charge in [0, 0.05) is 31.6 Å². The summed E-state index contributed by atoms with van der Waals surface area (Å²) in [4.78, 5) is 40.9. The average Bonchev–Trinajstić information content (AvgIpc) is 2.76. The normalized spacial score (nSPS) is 16.8. The molecule has 0 aromatic heterocycles. The quantitative estimate of drug-likeness (QED) is 0.598. The number of fused-ring (bicyclic) bond motifs is 1. The molecule has 3 rings (SSSR count). The molecule has 0 unspecified atom stereocenters. The van der Waals surface area contributed by atoms with Gasteiger partial charge in [-0.3, -0.25) is 19.3 Å². The third kappa shape index (κ3) is 5.61. The van der Waals surface area contributed by atoms with Gasteiger partial charge in [0.25, 0.3) is 0 Å². The number of ketones is 2. The number of allylic oxidation sites excluding steroid dienone is 1. The number of amides is 1. The molecule has 1 aliphatic heterocycles. The monoisotopic (exact) mass is 398 g/mol. The van der Waals surface area contributed by atoms with Crippen molar-refractivity contribution in [2.24, 2.45) is 0 Å². The molecule has 0 radical (unpaired) electrons. The van der Waals surface area contributed by atoms with Gasteiger partial charge in [-0.2, -0.15) is 0 Å². The van der Waals surface area contributed by atoms with E-state index < -0.39 is 11.6 Å². The SMILES string of the molecule is CCCCN(CCCC(=O)N1CCOCC1)CC1=CC(=O)C(=O)c2ccccc21. The van der Waals surface area contributed by atoms with Crippen molar-refractivity contribution in [3.63, 3.8) is 0 Å². The van der Waals surface area contributed by atoms with Crippen LogP contribution in [0, 0.1) is 0 Å². The first-order valence-corrected chi connectivity index (χ1v) is 10.6. The Morgan fingerprint density at radius 2 is 1.76 bits per heavy atom. The molecule has 1 saturated heterocycles. The molecule has 0 N–H and O–H groups in total. The Labute approximate surface area is 172 Å². The van der Waals surface area contributed by atoms with E-state index in [1.165, 1.54) is 6.08 Å². The molecule has 1 aromatic rings. The minimum absolute atomic E-state index is 0.187. The standard InChI is InChI=1S/C23H30N2O4/c1-2-3-10-24(11-6-9-22(27)25-12-14-29-15-13-25)17-18-16-21(26)23(28)20-8-5-4-7-19(18)20/h4-5,7-8,16H,2-3,6,9-15,17H2,1H3. The van der Waals surface area contributed by atoms with E-state index in [0.717, 1.165) is 43.5 Å². The highest BCUT2D eigenvalue weighted by Crippen LogP contribution is 2.26. The van der Waals surface area contributed by atoms with Crippen molar-refractivity contribution < 1.29 is 19.1 Å². The van der Waals surface area contributed by atoms with Crippen LogP contribution < -0.4 is 0 Å². The molecule has 1 aliphatic carbocycles. The van der Waals surface area contributed by atoms with E-state index in [4.69, 9.17) is 4.74 Å². The molecule has 0 atom stereocenters. The van der Waals surface area contributed by atoms with Gasteiger partial charge in [0.15, 0.2) is 0 Å². The molecule has 6 nitrogen and oxygen atoms in total. The number of hydrogen-bond donors (Lipinski definition) is 0. The lowest BCUT2D eigenvalue weighted by Crippen LogP contribution is -2.41. The number of unbranched alkanes of at least 4 members (excludes halogenated alkanes) is 1. The van der Waals surface area contributed by atoms with E-state index in [1.54, 1.807) is 12.1 Å². The second kappa shape index (κ2) is 10.5. The Balaban J connectivity index is 1.61. The highest BCUT2D eigenvalue weighted by molar-refractivity contribution is 6.50. The molecule has 1 amide bonds. The summed E-state index contributed by atoms with van der Waals surface area (Å²) in [7, 11) is 0. The maximum absolute atomic E-state index is 12.4. The highest BCUT2D eigenvalue weighted by atomic mass is 16.5. The van der Waals surface area contributed by atoms with Crippen molar-refractivity contribution in [1.82, 2.24) is 9.80 Å². The topological polar surface area (TPSA) is 66.9 Å². The van der Waals surface area contributed by atoms with Crippen LogP contribution >= 0.6 is 0 Å². The van der Waals surface area contributed by atoms with Crippen LogP contribution in [-0.4, -0.2) is 73.2 Å². The van der Waals surface area contributed by atoms with E-state index >= 15 is 0 Å². The van der Waals surface area contributed by atoms with E-state index in [9.17, 15) is 14.4 Å². The first-order valence-electron chi connectivity index (χ1n) is 10.6. The lowest BCUT2D eigenvalue weighted by atomic mass is 9.89. The van der Waals surface area contributed by atoms with Gasteiger partial charge in [0.1, 0.15) is 0 Å². The second-order valence-electron chi connectivity index (χ2n) is 7.63. The fraction of sp³-hybridized carbons (Fsp3) is 0.522. The van der Waals surface area contributed by atoms with Crippen LogP contribution in [0.4, 0.5) is 0 Å². The number of rotatable bonds is 9. The fourth-order valence-corrected chi connectivity index (χ4v) is 3.84. The Bertz CT molecular complexity index is 781. The molecule has 156 valence electrons. The van der Waals surface area contributed by atoms with E-state index in [-0.39, 0.29) is 5.91 Å². The number of hydrogen-bond acceptors (Lipinski definition) is 5. The van der Waals surface area contributed by atoms with Crippen LogP contribution in [0.2, 0.25) is 0 Å². The average molecular weight is 399 g/mol. The Hall–Kier alpha value is -2.31. The summed E-state index contributed by atoms with van der Waals surface area (Å²) in [5.41, 5.74) is 2.23. The largest absolute Gasteiger partial charge is 0.378 e. The van der Waals surface area contributed by atoms with Crippen molar-refractivity contribution >= 4 is 23.0 Å². The maximum Gasteiger partial charge on any atom is 0.233 e. The summed E-state index contributed by atoms with van der Waals surface area (Å²) in [6.07, 6.45) is 4.93. The molecule has 6 heteroatoms. The molecule has 29 heavy (non-hydrogen) atoms. The molecule has 0 spiro atoms. The van der Waals surface area contributed by atoms with Crippen LogP contribution in [0.3, 0.4) is 0 Å². The minimum atomic E-state index is -0.448. The van der Waals surface area contributed by atoms with Crippen LogP contribution in [0.25, 0.3) is 5.57 Å². The zero-order valence-corrected chi connectivity index (χ0v) is 17.2. The fourth-order valence-electron chi connectivity index (χ4n) is 3.84. The van der Waals surface area contributed by atoms with Crippen LogP contribution in [0.5, 0.6) is 0 Å². The summed E-state index contributed by atoms with van der Waals surface area (Å²) in [6, 6.07) is 7.32. The number of benzene rings is 1. The first kappa shape index (κ1) is 21.4. The van der Waals surface area contributed by atoms with Gasteiger partial charge in [0.2, 0.25) is 17.5 Å². The van der Waals surface area contributed by atoms with Crippen LogP contribution in [0.1, 0.15) is 48.5 Å². The number of nitrogens with zero attached hydrogens (tertiary/aromatic N) is 2. The first-order chi connectivity index (χ1) is 14.1. The van der Waals surface area contributed by atoms with Gasteiger partial charge in [0.05, 0.1) is 13.2 Å². The molecular weight excluding hydrogens is 368 g/mol. The highest BCUT2D eigenvalue weighted by Gasteiger charge is 2.26. The van der Waals surface area contributed by atoms with Gasteiger partial charge in [-0.15, -0.1) is 0 Å². The second-order valence-corrected chi connectivity index (χ2v) is 7.63. The molecule has 1 fully saturated rings. The Kier molecular flexibility index (Phi) is 7.72. The number of Topliss-reactive ketones (excluding diaryl/α,β-unsaturated/α-hetero) is 1. The van der Waals surface area contributed by atoms with Crippen LogP contribution in [-0.2, 0) is 14.3 Å². The van der Waals surface area contributed by atoms with E-state index in [2.05, 4.69) is 11.8 Å². The third-order valence-electron chi connectivity index (χ3n) is 5.50. The molecule has 1 aromatic carbocycles. The zero-order valence-electron chi connectivity index (χ0n) is 17.2. The Morgan fingerprint density at radius 3 is 2.48 bits per heavy atom. The van der Waals surface area contributed by atoms with Crippen LogP contribution in [0.15, 0.2) is 30.3 Å². The van der Waals surface area contributed by atoms with Crippen molar-refractivity contribution in [2.45, 2.75) is 32.6 Å². The summed E-state index contributed by atoms with van der Waals surface area (Å²) in [6.45, 7) is 7.06. The number of carbonyl (C=O) groups excluding carboxylic acids is 3. The summed E-state index contributed by atoms with van der Waals surface area (Å²) < 4.78 is 5.31. The van der Waals surface area contributed by atoms with E-state index in [0.29, 0.717) is 44.8 Å². The molecular formula is C23H30N2O4. The molecule has 2 aliphatic rings. The predicted octanol–water partition coefficient (Wildman–Crippen LogP) is 2.58. The summed E-state index contributed by atoms with van der Waals surface area (Å²) in [5, 5.41) is 0. The molecule has 0 saturated carbocycles. The lowest BCUT2D eigenvalue weighted by Gasteiger charge is -2.28. The predicted molar refractivity (Wildman–Crippen MR) is 112 cm³/mol. The minimum Gasteiger partial charge on any atom is -0.378 e. The van der Waals surface area contributed by atoms with Gasteiger partial charge in [-0.05, 0) is 43.1 Å². The van der Waals surface area contributed by atoms with Crippen molar-refractivity contribution in [3.8, 4) is 0 Å². The number of carbonyl (C=O) groups is 3. The van der Waals surface area contributed by atoms with E-state index in [1.807, 2.05) is 17.0 Å². The third-order valence-corrected chi connectivity index (χ3v) is 5.50. The summed E-state index contributed by atoms with van der Waals surface area (Å²) >= 11 is 0. The van der Waals surface area contributed by atoms with Gasteiger partial charge < -0.3 is 9.64 Å². The molecule has 1 heterocycles. The van der Waals surface area contributed by atoms with Gasteiger partial charge in [-0.1, -0.05) is 37.6 Å². The maximum atomic E-state index is 12.4. The smallest absolute Gasteiger partial charge is 0.233 e. The van der Waals surface area contributed by atoms with Crippen molar-refractivity contribution in [1.29, 1.82) is 0 Å². The Morgan fingerprint density at radius 1 is 1.07 bits per heavy atom. The zero-order chi connectivity index (χ0) is 20.6. The summed E-state index contributed by atoms with van der Waals surface area (Å²) in [5.74, 6) is -0.691. The van der Waals surface area contributed by atoms with Crippen molar-refractivity contribution in [3.05, 3.63) is 41.5 Å². The number of ether oxygens (including phenoxy) is 1.